The zero-order valence-electron chi connectivity index (χ0n) is 8.53. The van der Waals surface area contributed by atoms with Crippen LogP contribution in [0, 0.1) is 0 Å². The molecule has 72 valence electrons. The van der Waals surface area contributed by atoms with Crippen LogP contribution in [0.15, 0.2) is 30.3 Å². The minimum absolute atomic E-state index is 0.415. The molecule has 0 bridgehead atoms. The lowest BCUT2D eigenvalue weighted by Gasteiger charge is -2.20. The molecule has 0 aromatic heterocycles. The summed E-state index contributed by atoms with van der Waals surface area (Å²) in [4.78, 5) is 0. The average Bonchev–Trinajstić information content (AvgIpc) is 2.15. The Morgan fingerprint density at radius 2 is 1.85 bits per heavy atom. The smallest absolute Gasteiger partial charge is 0.0629 e. The summed E-state index contributed by atoms with van der Waals surface area (Å²) in [6.07, 6.45) is 0. The van der Waals surface area contributed by atoms with E-state index in [4.69, 9.17) is 4.52 Å². The fraction of sp³-hybridized carbons (Fsp3) is 0.455. The summed E-state index contributed by atoms with van der Waals surface area (Å²) in [7, 11) is -0.415. The maximum Gasteiger partial charge on any atom is 0.0629 e. The first kappa shape index (κ1) is 10.7. The monoisotopic (exact) mass is 196 g/mol. The van der Waals surface area contributed by atoms with Crippen molar-refractivity contribution >= 4 is 13.5 Å². The van der Waals surface area contributed by atoms with Crippen LogP contribution in [0.3, 0.4) is 0 Å². The third-order valence-electron chi connectivity index (χ3n) is 1.75. The van der Waals surface area contributed by atoms with E-state index < -0.39 is 8.15 Å². The largest absolute Gasteiger partial charge is 0.354 e. The summed E-state index contributed by atoms with van der Waals surface area (Å²) < 4.78 is 5.75. The first-order valence-electron chi connectivity index (χ1n) is 4.73. The molecule has 0 aliphatic carbocycles. The van der Waals surface area contributed by atoms with Gasteiger partial charge in [-0.05, 0) is 6.92 Å². The summed E-state index contributed by atoms with van der Waals surface area (Å²) >= 11 is 0. The fourth-order valence-electron chi connectivity index (χ4n) is 1.24. The van der Waals surface area contributed by atoms with Crippen LogP contribution < -0.4 is 5.30 Å². The van der Waals surface area contributed by atoms with E-state index in [1.54, 1.807) is 0 Å². The molecule has 1 atom stereocenters. The predicted octanol–water partition coefficient (Wildman–Crippen LogP) is 3.15. The van der Waals surface area contributed by atoms with Crippen molar-refractivity contribution in [2.24, 2.45) is 0 Å². The van der Waals surface area contributed by atoms with Gasteiger partial charge < -0.3 is 4.52 Å². The Balaban J connectivity index is 2.76. The highest BCUT2D eigenvalue weighted by atomic mass is 31.1. The molecule has 0 saturated heterocycles. The van der Waals surface area contributed by atoms with Gasteiger partial charge >= 0.3 is 0 Å². The van der Waals surface area contributed by atoms with Crippen molar-refractivity contribution in [2.45, 2.75) is 26.4 Å². The Morgan fingerprint density at radius 3 is 2.31 bits per heavy atom. The highest BCUT2D eigenvalue weighted by Crippen LogP contribution is 2.40. The minimum atomic E-state index is -0.415. The van der Waals surface area contributed by atoms with Crippen LogP contribution in [0.4, 0.5) is 0 Å². The number of benzene rings is 1. The molecule has 0 amide bonds. The van der Waals surface area contributed by atoms with Gasteiger partial charge in [0.25, 0.3) is 0 Å². The third kappa shape index (κ3) is 3.10. The van der Waals surface area contributed by atoms with E-state index in [1.807, 2.05) is 6.07 Å². The van der Waals surface area contributed by atoms with Crippen molar-refractivity contribution in [3.8, 4) is 0 Å². The van der Waals surface area contributed by atoms with Gasteiger partial charge in [0.15, 0.2) is 0 Å². The molecular formula is C11H17OP. The summed E-state index contributed by atoms with van der Waals surface area (Å²) in [5.74, 6) is 0. The zero-order valence-corrected chi connectivity index (χ0v) is 9.42. The Labute approximate surface area is 82.0 Å². The van der Waals surface area contributed by atoms with Gasteiger partial charge in [0, 0.05) is 17.6 Å². The molecule has 1 aromatic rings. The molecule has 0 spiro atoms. The second kappa shape index (κ2) is 5.36. The number of hydrogen-bond acceptors (Lipinski definition) is 1. The van der Waals surface area contributed by atoms with Crippen molar-refractivity contribution in [3.63, 3.8) is 0 Å². The fourth-order valence-corrected chi connectivity index (χ4v) is 3.02. The normalized spacial score (nSPS) is 13.2. The molecular weight excluding hydrogens is 179 g/mol. The van der Waals surface area contributed by atoms with Crippen molar-refractivity contribution in [2.75, 3.05) is 6.61 Å². The van der Waals surface area contributed by atoms with Crippen LogP contribution in [0.25, 0.3) is 0 Å². The van der Waals surface area contributed by atoms with Gasteiger partial charge in [-0.15, -0.1) is 0 Å². The van der Waals surface area contributed by atoms with Crippen molar-refractivity contribution in [1.82, 2.24) is 0 Å². The Kier molecular flexibility index (Phi) is 4.41. The van der Waals surface area contributed by atoms with Crippen LogP contribution in [-0.4, -0.2) is 12.3 Å². The highest BCUT2D eigenvalue weighted by Gasteiger charge is 2.14. The van der Waals surface area contributed by atoms with Crippen LogP contribution in [-0.2, 0) is 4.52 Å². The van der Waals surface area contributed by atoms with Crippen LogP contribution in [0.1, 0.15) is 20.8 Å². The van der Waals surface area contributed by atoms with Gasteiger partial charge in [-0.1, -0.05) is 44.2 Å². The molecule has 0 aliphatic rings. The number of hydrogen-bond donors (Lipinski definition) is 0. The van der Waals surface area contributed by atoms with Gasteiger partial charge in [-0.25, -0.2) is 0 Å². The first-order chi connectivity index (χ1) is 6.25. The summed E-state index contributed by atoms with van der Waals surface area (Å²) in [6, 6.07) is 10.5. The molecule has 0 aliphatic heterocycles. The van der Waals surface area contributed by atoms with Crippen LogP contribution in [0.2, 0.25) is 0 Å². The second-order valence-corrected chi connectivity index (χ2v) is 5.63. The molecule has 1 rings (SSSR count). The van der Waals surface area contributed by atoms with E-state index in [0.717, 1.165) is 6.61 Å². The lowest BCUT2D eigenvalue weighted by molar-refractivity contribution is 0.379. The topological polar surface area (TPSA) is 9.23 Å². The Bertz CT molecular complexity index is 233. The SMILES string of the molecule is CCOP(c1ccccc1)C(C)C. The van der Waals surface area contributed by atoms with Crippen molar-refractivity contribution < 1.29 is 4.52 Å². The first-order valence-corrected chi connectivity index (χ1v) is 6.05. The van der Waals surface area contributed by atoms with E-state index in [-0.39, 0.29) is 0 Å². The van der Waals surface area contributed by atoms with E-state index in [0.29, 0.717) is 5.66 Å². The van der Waals surface area contributed by atoms with Gasteiger partial charge in [0.1, 0.15) is 0 Å². The van der Waals surface area contributed by atoms with E-state index in [2.05, 4.69) is 45.0 Å². The molecule has 1 nitrogen and oxygen atoms in total. The Hall–Kier alpha value is -0.390. The van der Waals surface area contributed by atoms with Crippen molar-refractivity contribution in [3.05, 3.63) is 30.3 Å². The molecule has 2 heteroatoms. The lowest BCUT2D eigenvalue weighted by atomic mass is 10.4. The van der Waals surface area contributed by atoms with Crippen LogP contribution >= 0.6 is 8.15 Å². The van der Waals surface area contributed by atoms with E-state index in [9.17, 15) is 0 Å². The molecule has 1 aromatic carbocycles. The van der Waals surface area contributed by atoms with Crippen LogP contribution in [0.5, 0.6) is 0 Å². The maximum absolute atomic E-state index is 5.75. The Morgan fingerprint density at radius 1 is 1.23 bits per heavy atom. The predicted molar refractivity (Wildman–Crippen MR) is 59.8 cm³/mol. The summed E-state index contributed by atoms with van der Waals surface area (Å²) in [5.41, 5.74) is 0.595. The summed E-state index contributed by atoms with van der Waals surface area (Å²) in [5, 5.41) is 1.34. The third-order valence-corrected chi connectivity index (χ3v) is 4.03. The maximum atomic E-state index is 5.75. The molecule has 0 N–H and O–H groups in total. The minimum Gasteiger partial charge on any atom is -0.354 e. The molecule has 13 heavy (non-hydrogen) atoms. The number of rotatable bonds is 4. The average molecular weight is 196 g/mol. The van der Waals surface area contributed by atoms with E-state index >= 15 is 0 Å². The molecule has 0 heterocycles. The molecule has 0 saturated carbocycles. The standard InChI is InChI=1S/C11H17OP/c1-4-12-13(10(2)3)11-8-6-5-7-9-11/h5-10H,4H2,1-3H3. The molecule has 0 radical (unpaired) electrons. The molecule has 1 unspecified atom stereocenters. The zero-order chi connectivity index (χ0) is 9.68. The summed E-state index contributed by atoms with van der Waals surface area (Å²) in [6.45, 7) is 7.29. The van der Waals surface area contributed by atoms with Gasteiger partial charge in [0.05, 0.1) is 8.15 Å². The molecule has 0 fully saturated rings. The highest BCUT2D eigenvalue weighted by molar-refractivity contribution is 7.61. The van der Waals surface area contributed by atoms with Gasteiger partial charge in [-0.3, -0.25) is 0 Å². The van der Waals surface area contributed by atoms with Gasteiger partial charge in [0.2, 0.25) is 0 Å². The van der Waals surface area contributed by atoms with Gasteiger partial charge in [-0.2, -0.15) is 0 Å². The second-order valence-electron chi connectivity index (χ2n) is 3.17. The van der Waals surface area contributed by atoms with E-state index in [1.165, 1.54) is 5.30 Å². The quantitative estimate of drug-likeness (QED) is 0.672. The van der Waals surface area contributed by atoms with Crippen molar-refractivity contribution in [1.29, 1.82) is 0 Å². The lowest BCUT2D eigenvalue weighted by Crippen LogP contribution is -2.09.